The third kappa shape index (κ3) is 1.15. The summed E-state index contributed by atoms with van der Waals surface area (Å²) in [7, 11) is 0. The lowest BCUT2D eigenvalue weighted by atomic mass is 9.97. The maximum atomic E-state index is 4.43. The molecule has 62 valence electrons. The largest absolute Gasteiger partial charge is 0.289 e. The van der Waals surface area contributed by atoms with Crippen LogP contribution in [-0.2, 0) is 6.42 Å². The van der Waals surface area contributed by atoms with Gasteiger partial charge in [-0.2, -0.15) is 0 Å². The van der Waals surface area contributed by atoms with Crippen molar-refractivity contribution >= 4 is 5.71 Å². The summed E-state index contributed by atoms with van der Waals surface area (Å²) in [5.41, 5.74) is 5.32. The number of aryl methyl sites for hydroxylation is 1. The molecule has 0 N–H and O–H groups in total. The van der Waals surface area contributed by atoms with Crippen molar-refractivity contribution in [1.29, 1.82) is 0 Å². The van der Waals surface area contributed by atoms with Gasteiger partial charge < -0.3 is 0 Å². The van der Waals surface area contributed by atoms with Crippen molar-refractivity contribution in [3.8, 4) is 0 Å². The topological polar surface area (TPSA) is 12.4 Å². The molecule has 1 aromatic carbocycles. The molecule has 1 heteroatoms. The summed E-state index contributed by atoms with van der Waals surface area (Å²) in [4.78, 5) is 4.43. The molecule has 0 fully saturated rings. The molecule has 0 bridgehead atoms. The molecule has 1 nitrogen and oxygen atoms in total. The van der Waals surface area contributed by atoms with Crippen LogP contribution in [0.15, 0.2) is 23.2 Å². The van der Waals surface area contributed by atoms with E-state index in [1.165, 1.54) is 22.4 Å². The van der Waals surface area contributed by atoms with Crippen molar-refractivity contribution in [1.82, 2.24) is 0 Å². The fourth-order valence-electron chi connectivity index (χ4n) is 1.67. The predicted molar refractivity (Wildman–Crippen MR) is 52.0 cm³/mol. The van der Waals surface area contributed by atoms with E-state index in [1.54, 1.807) is 0 Å². The first kappa shape index (κ1) is 7.53. The summed E-state index contributed by atoms with van der Waals surface area (Å²) >= 11 is 0. The highest BCUT2D eigenvalue weighted by atomic mass is 14.7. The second-order valence-electron chi connectivity index (χ2n) is 3.38. The average Bonchev–Trinajstić information content (AvgIpc) is 2.07. The van der Waals surface area contributed by atoms with Crippen molar-refractivity contribution < 1.29 is 0 Å². The second kappa shape index (κ2) is 2.74. The van der Waals surface area contributed by atoms with Crippen LogP contribution in [0, 0.1) is 6.92 Å². The highest BCUT2D eigenvalue weighted by Gasteiger charge is 2.09. The summed E-state index contributed by atoms with van der Waals surface area (Å²) in [6, 6.07) is 6.63. The SMILES string of the molecule is CC1=NCCc2ccc(C)cc21. The second-order valence-corrected chi connectivity index (χ2v) is 3.38. The fraction of sp³-hybridized carbons (Fsp3) is 0.364. The first-order valence-corrected chi connectivity index (χ1v) is 4.38. The number of hydrogen-bond acceptors (Lipinski definition) is 1. The third-order valence-corrected chi connectivity index (χ3v) is 2.39. The van der Waals surface area contributed by atoms with Gasteiger partial charge in [0.1, 0.15) is 0 Å². The molecule has 0 saturated carbocycles. The van der Waals surface area contributed by atoms with E-state index in [9.17, 15) is 0 Å². The van der Waals surface area contributed by atoms with Crippen molar-refractivity contribution in [3.63, 3.8) is 0 Å². The van der Waals surface area contributed by atoms with Gasteiger partial charge in [0.2, 0.25) is 0 Å². The van der Waals surface area contributed by atoms with E-state index in [2.05, 4.69) is 37.0 Å². The molecule has 0 aliphatic carbocycles. The minimum atomic E-state index is 0.960. The Kier molecular flexibility index (Phi) is 1.72. The minimum Gasteiger partial charge on any atom is -0.289 e. The summed E-state index contributed by atoms with van der Waals surface area (Å²) in [6.45, 7) is 5.18. The number of rotatable bonds is 0. The quantitative estimate of drug-likeness (QED) is 0.551. The zero-order valence-corrected chi connectivity index (χ0v) is 7.59. The zero-order valence-electron chi connectivity index (χ0n) is 7.59. The number of nitrogens with zero attached hydrogens (tertiary/aromatic N) is 1. The summed E-state index contributed by atoms with van der Waals surface area (Å²) in [5, 5.41) is 0. The summed E-state index contributed by atoms with van der Waals surface area (Å²) in [5.74, 6) is 0. The molecule has 0 spiro atoms. The minimum absolute atomic E-state index is 0.960. The molecule has 12 heavy (non-hydrogen) atoms. The van der Waals surface area contributed by atoms with Gasteiger partial charge in [0.15, 0.2) is 0 Å². The Bertz CT molecular complexity index is 337. The molecule has 1 aliphatic heterocycles. The van der Waals surface area contributed by atoms with Crippen LogP contribution in [0.25, 0.3) is 0 Å². The number of benzene rings is 1. The molecular formula is C11H13N. The van der Waals surface area contributed by atoms with Gasteiger partial charge in [0, 0.05) is 12.3 Å². The Morgan fingerprint density at radius 2 is 2.08 bits per heavy atom. The third-order valence-electron chi connectivity index (χ3n) is 2.39. The maximum absolute atomic E-state index is 4.43. The van der Waals surface area contributed by atoms with E-state index in [1.807, 2.05) is 0 Å². The highest BCUT2D eigenvalue weighted by Crippen LogP contribution is 2.17. The summed E-state index contributed by atoms with van der Waals surface area (Å²) < 4.78 is 0. The van der Waals surface area contributed by atoms with Crippen molar-refractivity contribution in [2.45, 2.75) is 20.3 Å². The average molecular weight is 159 g/mol. The Morgan fingerprint density at radius 3 is 2.92 bits per heavy atom. The molecule has 0 atom stereocenters. The van der Waals surface area contributed by atoms with Crippen LogP contribution in [-0.4, -0.2) is 12.3 Å². The Hall–Kier alpha value is -1.11. The van der Waals surface area contributed by atoms with Crippen LogP contribution in [0.1, 0.15) is 23.6 Å². The number of fused-ring (bicyclic) bond motifs is 1. The van der Waals surface area contributed by atoms with E-state index < -0.39 is 0 Å². The van der Waals surface area contributed by atoms with Gasteiger partial charge in [-0.1, -0.05) is 17.7 Å². The number of hydrogen-bond donors (Lipinski definition) is 0. The van der Waals surface area contributed by atoms with E-state index in [0.717, 1.165) is 13.0 Å². The van der Waals surface area contributed by atoms with Crippen LogP contribution < -0.4 is 0 Å². The normalized spacial score (nSPS) is 15.3. The Morgan fingerprint density at radius 1 is 1.25 bits per heavy atom. The molecule has 1 heterocycles. The molecule has 0 unspecified atom stereocenters. The van der Waals surface area contributed by atoms with Gasteiger partial charge in [-0.05, 0) is 37.5 Å². The van der Waals surface area contributed by atoms with Gasteiger partial charge in [-0.3, -0.25) is 4.99 Å². The van der Waals surface area contributed by atoms with Crippen molar-refractivity contribution in [3.05, 3.63) is 34.9 Å². The van der Waals surface area contributed by atoms with E-state index in [4.69, 9.17) is 0 Å². The molecule has 1 aromatic rings. The Balaban J connectivity index is 2.58. The van der Waals surface area contributed by atoms with Gasteiger partial charge in [0.05, 0.1) is 0 Å². The first-order valence-electron chi connectivity index (χ1n) is 4.38. The van der Waals surface area contributed by atoms with E-state index in [-0.39, 0.29) is 0 Å². The molecule has 0 amide bonds. The van der Waals surface area contributed by atoms with Gasteiger partial charge in [-0.15, -0.1) is 0 Å². The first-order chi connectivity index (χ1) is 5.77. The van der Waals surface area contributed by atoms with Crippen LogP contribution in [0.5, 0.6) is 0 Å². The highest BCUT2D eigenvalue weighted by molar-refractivity contribution is 6.00. The van der Waals surface area contributed by atoms with Crippen LogP contribution in [0.4, 0.5) is 0 Å². The van der Waals surface area contributed by atoms with Crippen LogP contribution in [0.2, 0.25) is 0 Å². The lowest BCUT2D eigenvalue weighted by molar-refractivity contribution is 0.940. The maximum Gasteiger partial charge on any atom is 0.0433 e. The van der Waals surface area contributed by atoms with Crippen molar-refractivity contribution in [2.24, 2.45) is 4.99 Å². The molecule has 2 rings (SSSR count). The van der Waals surface area contributed by atoms with Crippen LogP contribution in [0.3, 0.4) is 0 Å². The standard InChI is InChI=1S/C11H13N/c1-8-3-4-10-5-6-12-9(2)11(10)7-8/h3-4,7H,5-6H2,1-2H3. The molecule has 0 radical (unpaired) electrons. The molecule has 1 aliphatic rings. The monoisotopic (exact) mass is 159 g/mol. The Labute approximate surface area is 73.1 Å². The van der Waals surface area contributed by atoms with Crippen LogP contribution >= 0.6 is 0 Å². The molecule has 0 aromatic heterocycles. The fourth-order valence-corrected chi connectivity index (χ4v) is 1.67. The molecule has 0 saturated heterocycles. The van der Waals surface area contributed by atoms with Crippen molar-refractivity contribution in [2.75, 3.05) is 6.54 Å². The van der Waals surface area contributed by atoms with Gasteiger partial charge in [0.25, 0.3) is 0 Å². The summed E-state index contributed by atoms with van der Waals surface area (Å²) in [6.07, 6.45) is 1.10. The van der Waals surface area contributed by atoms with Gasteiger partial charge >= 0.3 is 0 Å². The van der Waals surface area contributed by atoms with E-state index in [0.29, 0.717) is 0 Å². The molecular weight excluding hydrogens is 146 g/mol. The van der Waals surface area contributed by atoms with Gasteiger partial charge in [-0.25, -0.2) is 0 Å². The number of aliphatic imine (C=N–C) groups is 1. The lowest BCUT2D eigenvalue weighted by Crippen LogP contribution is -2.09. The van der Waals surface area contributed by atoms with E-state index >= 15 is 0 Å². The lowest BCUT2D eigenvalue weighted by Gasteiger charge is -2.14. The predicted octanol–water partition coefficient (Wildman–Crippen LogP) is 2.36. The smallest absolute Gasteiger partial charge is 0.0433 e. The zero-order chi connectivity index (χ0) is 8.55.